The maximum atomic E-state index is 12.6. The van der Waals surface area contributed by atoms with Crippen LogP contribution in [0.1, 0.15) is 29.8 Å². The molecular formula is C16H19N3O2. The second-order valence-electron chi connectivity index (χ2n) is 6.33. The molecule has 3 aliphatic heterocycles. The summed E-state index contributed by atoms with van der Waals surface area (Å²) in [5.74, 6) is 1.48. The number of hydrogen-bond acceptors (Lipinski definition) is 4. The molecule has 1 atom stereocenters. The summed E-state index contributed by atoms with van der Waals surface area (Å²) in [7, 11) is 0. The highest BCUT2D eigenvalue weighted by atomic mass is 16.3. The Morgan fingerprint density at radius 3 is 2.90 bits per heavy atom. The molecule has 4 heterocycles. The molecule has 2 N–H and O–H groups in total. The first-order chi connectivity index (χ1) is 10.2. The van der Waals surface area contributed by atoms with E-state index in [0.717, 1.165) is 11.9 Å². The van der Waals surface area contributed by atoms with Crippen LogP contribution in [0, 0.1) is 11.8 Å². The van der Waals surface area contributed by atoms with Gasteiger partial charge in [-0.1, -0.05) is 0 Å². The summed E-state index contributed by atoms with van der Waals surface area (Å²) in [5, 5.41) is 17.3. The zero-order chi connectivity index (χ0) is 14.4. The molecule has 2 aromatic rings. The van der Waals surface area contributed by atoms with Crippen molar-refractivity contribution in [3.63, 3.8) is 0 Å². The molecule has 0 unspecified atom stereocenters. The van der Waals surface area contributed by atoms with E-state index in [1.54, 1.807) is 18.2 Å². The molecule has 3 aliphatic rings. The number of piperidine rings is 3. The lowest BCUT2D eigenvalue weighted by molar-refractivity contribution is 0.0440. The van der Waals surface area contributed by atoms with Crippen LogP contribution in [0.4, 0.5) is 0 Å². The molecule has 0 spiro atoms. The van der Waals surface area contributed by atoms with Crippen molar-refractivity contribution in [2.24, 2.45) is 11.8 Å². The molecule has 5 nitrogen and oxygen atoms in total. The topological polar surface area (TPSA) is 69.2 Å². The number of fused-ring (bicyclic) bond motifs is 4. The average Bonchev–Trinajstić information content (AvgIpc) is 2.91. The van der Waals surface area contributed by atoms with Crippen LogP contribution >= 0.6 is 0 Å². The van der Waals surface area contributed by atoms with Crippen LogP contribution in [0.2, 0.25) is 0 Å². The zero-order valence-electron chi connectivity index (χ0n) is 11.9. The second-order valence-corrected chi connectivity index (χ2v) is 6.33. The Balaban J connectivity index is 1.56. The molecule has 3 fully saturated rings. The van der Waals surface area contributed by atoms with Gasteiger partial charge in [0, 0.05) is 24.4 Å². The molecule has 1 aromatic carbocycles. The molecule has 3 saturated heterocycles. The van der Waals surface area contributed by atoms with Crippen molar-refractivity contribution in [2.75, 3.05) is 19.6 Å². The van der Waals surface area contributed by atoms with E-state index in [0.29, 0.717) is 29.5 Å². The first-order valence-electron chi connectivity index (χ1n) is 7.63. The Bertz CT molecular complexity index is 686. The number of H-pyrrole nitrogens is 1. The van der Waals surface area contributed by atoms with Crippen LogP contribution < -0.4 is 0 Å². The van der Waals surface area contributed by atoms with E-state index in [1.165, 1.54) is 25.9 Å². The number of rotatable bonds is 3. The predicted octanol–water partition coefficient (Wildman–Crippen LogP) is 2.18. The largest absolute Gasteiger partial charge is 0.508 e. The van der Waals surface area contributed by atoms with E-state index >= 15 is 0 Å². The number of carbonyl (C=O) groups is 1. The fourth-order valence-corrected chi connectivity index (χ4v) is 3.87. The third kappa shape index (κ3) is 2.21. The Morgan fingerprint density at radius 2 is 2.19 bits per heavy atom. The first kappa shape index (κ1) is 12.8. The molecule has 5 rings (SSSR count). The maximum Gasteiger partial charge on any atom is 0.184 e. The van der Waals surface area contributed by atoms with E-state index < -0.39 is 0 Å². The van der Waals surface area contributed by atoms with Crippen LogP contribution in [-0.2, 0) is 0 Å². The van der Waals surface area contributed by atoms with E-state index in [4.69, 9.17) is 0 Å². The van der Waals surface area contributed by atoms with Gasteiger partial charge in [-0.15, -0.1) is 0 Å². The monoisotopic (exact) mass is 285 g/mol. The van der Waals surface area contributed by atoms with Gasteiger partial charge in [-0.3, -0.25) is 9.89 Å². The van der Waals surface area contributed by atoms with E-state index in [1.807, 2.05) is 0 Å². The van der Waals surface area contributed by atoms with Gasteiger partial charge in [0.15, 0.2) is 5.78 Å². The van der Waals surface area contributed by atoms with Crippen LogP contribution in [0.3, 0.4) is 0 Å². The van der Waals surface area contributed by atoms with Gasteiger partial charge in [-0.25, -0.2) is 0 Å². The third-order valence-electron chi connectivity index (χ3n) is 5.05. The normalized spacial score (nSPS) is 28.1. The molecule has 0 radical (unpaired) electrons. The number of benzene rings is 1. The van der Waals surface area contributed by atoms with Crippen molar-refractivity contribution in [1.82, 2.24) is 15.1 Å². The molecular weight excluding hydrogens is 266 g/mol. The number of ketones is 1. The fourth-order valence-electron chi connectivity index (χ4n) is 3.87. The quantitative estimate of drug-likeness (QED) is 0.848. The summed E-state index contributed by atoms with van der Waals surface area (Å²) in [5.41, 5.74) is 1.23. The molecule has 0 aliphatic carbocycles. The lowest BCUT2D eigenvalue weighted by Gasteiger charge is -2.44. The molecule has 0 saturated carbocycles. The SMILES string of the molecule is O=C(C[C@H]1CN2CCC1CC2)c1n[nH]c2cc(O)ccc12. The number of phenolic OH excluding ortho intramolecular Hbond substituents is 1. The smallest absolute Gasteiger partial charge is 0.184 e. The number of aromatic nitrogens is 2. The minimum absolute atomic E-state index is 0.116. The van der Waals surface area contributed by atoms with Gasteiger partial charge in [0.25, 0.3) is 0 Å². The van der Waals surface area contributed by atoms with Crippen LogP contribution in [0.5, 0.6) is 5.75 Å². The number of nitrogens with zero attached hydrogens (tertiary/aromatic N) is 2. The van der Waals surface area contributed by atoms with Gasteiger partial charge in [0.2, 0.25) is 0 Å². The number of nitrogens with one attached hydrogen (secondary N) is 1. The summed E-state index contributed by atoms with van der Waals surface area (Å²) in [6.45, 7) is 3.44. The fraction of sp³-hybridized carbons (Fsp3) is 0.500. The molecule has 21 heavy (non-hydrogen) atoms. The van der Waals surface area contributed by atoms with Crippen LogP contribution in [0.25, 0.3) is 10.9 Å². The summed E-state index contributed by atoms with van der Waals surface area (Å²) in [6, 6.07) is 4.97. The van der Waals surface area contributed by atoms with Gasteiger partial charge in [-0.05, 0) is 49.9 Å². The maximum absolute atomic E-state index is 12.6. The van der Waals surface area contributed by atoms with Gasteiger partial charge < -0.3 is 10.0 Å². The van der Waals surface area contributed by atoms with Crippen LogP contribution in [0.15, 0.2) is 18.2 Å². The van der Waals surface area contributed by atoms with Crippen molar-refractivity contribution in [3.8, 4) is 5.75 Å². The summed E-state index contributed by atoms with van der Waals surface area (Å²) in [4.78, 5) is 15.1. The highest BCUT2D eigenvalue weighted by molar-refractivity contribution is 6.06. The Kier molecular flexibility index (Phi) is 2.96. The molecule has 2 bridgehead atoms. The Morgan fingerprint density at radius 1 is 1.38 bits per heavy atom. The van der Waals surface area contributed by atoms with Crippen molar-refractivity contribution in [3.05, 3.63) is 23.9 Å². The van der Waals surface area contributed by atoms with Crippen molar-refractivity contribution < 1.29 is 9.90 Å². The number of Topliss-reactive ketones (excluding diaryl/α,β-unsaturated/α-hetero) is 1. The zero-order valence-corrected chi connectivity index (χ0v) is 11.9. The number of carbonyl (C=O) groups excluding carboxylic acids is 1. The van der Waals surface area contributed by atoms with Crippen LogP contribution in [-0.4, -0.2) is 45.6 Å². The number of phenols is 1. The second kappa shape index (κ2) is 4.84. The number of aromatic hydroxyl groups is 1. The van der Waals surface area contributed by atoms with E-state index in [9.17, 15) is 9.90 Å². The summed E-state index contributed by atoms with van der Waals surface area (Å²) < 4.78 is 0. The minimum atomic E-state index is 0.116. The summed E-state index contributed by atoms with van der Waals surface area (Å²) >= 11 is 0. The van der Waals surface area contributed by atoms with Gasteiger partial charge in [0.1, 0.15) is 11.4 Å². The van der Waals surface area contributed by atoms with Crippen molar-refractivity contribution in [1.29, 1.82) is 0 Å². The Hall–Kier alpha value is -1.88. The Labute approximate surface area is 122 Å². The first-order valence-corrected chi connectivity index (χ1v) is 7.63. The molecule has 5 heteroatoms. The van der Waals surface area contributed by atoms with Gasteiger partial charge in [0.05, 0.1) is 5.52 Å². The highest BCUT2D eigenvalue weighted by Crippen LogP contribution is 2.35. The standard InChI is InChI=1S/C16H19N3O2/c20-12-1-2-13-14(8-12)17-18-16(13)15(21)7-11-9-19-5-3-10(11)4-6-19/h1-2,8,10-11,20H,3-7,9H2,(H,17,18)/t11-/m0/s1. The highest BCUT2D eigenvalue weighted by Gasteiger charge is 2.35. The van der Waals surface area contributed by atoms with E-state index in [2.05, 4.69) is 15.1 Å². The van der Waals surface area contributed by atoms with E-state index in [-0.39, 0.29) is 11.5 Å². The van der Waals surface area contributed by atoms with Crippen molar-refractivity contribution >= 4 is 16.7 Å². The molecule has 1 aromatic heterocycles. The van der Waals surface area contributed by atoms with Gasteiger partial charge >= 0.3 is 0 Å². The molecule has 110 valence electrons. The average molecular weight is 285 g/mol. The lowest BCUT2D eigenvalue weighted by Crippen LogP contribution is -2.47. The van der Waals surface area contributed by atoms with Gasteiger partial charge in [-0.2, -0.15) is 5.10 Å². The minimum Gasteiger partial charge on any atom is -0.508 e. The lowest BCUT2D eigenvalue weighted by atomic mass is 9.76. The summed E-state index contributed by atoms with van der Waals surface area (Å²) in [6.07, 6.45) is 3.04. The number of aromatic amines is 1. The third-order valence-corrected chi connectivity index (χ3v) is 5.05. The van der Waals surface area contributed by atoms with Crippen molar-refractivity contribution in [2.45, 2.75) is 19.3 Å². The number of hydrogen-bond donors (Lipinski definition) is 2. The molecule has 0 amide bonds. The predicted molar refractivity (Wildman–Crippen MR) is 79.4 cm³/mol.